The first-order valence-corrected chi connectivity index (χ1v) is 11.9. The molecule has 0 radical (unpaired) electrons. The normalized spacial score (nSPS) is 13.1. The summed E-state index contributed by atoms with van der Waals surface area (Å²) in [6.07, 6.45) is 3.46. The number of hydrogen-bond donors (Lipinski definition) is 4. The predicted octanol–water partition coefficient (Wildman–Crippen LogP) is 3.82. The number of aryl methyl sites for hydroxylation is 2. The van der Waals surface area contributed by atoms with Gasteiger partial charge in [-0.1, -0.05) is 36.4 Å². The Kier molecular flexibility index (Phi) is 10.1. The second-order valence-corrected chi connectivity index (χ2v) is 9.79. The van der Waals surface area contributed by atoms with Gasteiger partial charge >= 0.3 is 6.09 Å². The number of phenolic OH excluding ortho intramolecular Hbond substituents is 1. The van der Waals surface area contributed by atoms with Gasteiger partial charge in [0.2, 0.25) is 11.8 Å². The van der Waals surface area contributed by atoms with Crippen LogP contribution in [0, 0.1) is 13.8 Å². The molecule has 0 aromatic heterocycles. The van der Waals surface area contributed by atoms with Crippen LogP contribution in [-0.4, -0.2) is 40.7 Å². The maximum absolute atomic E-state index is 13.1. The summed E-state index contributed by atoms with van der Waals surface area (Å²) in [5.74, 6) is -0.787. The van der Waals surface area contributed by atoms with Crippen molar-refractivity contribution in [1.29, 1.82) is 0 Å². The van der Waals surface area contributed by atoms with Gasteiger partial charge in [-0.15, -0.1) is 0 Å². The molecule has 0 aliphatic heterocycles. The molecule has 4 N–H and O–H groups in total. The summed E-state index contributed by atoms with van der Waals surface area (Å²) in [6.45, 7) is 10.4. The number of alkyl carbamates (subject to hydrolysis) is 1. The average Bonchev–Trinajstić information content (AvgIpc) is 2.77. The lowest BCUT2D eigenvalue weighted by atomic mass is 9.95. The Labute approximate surface area is 213 Å². The van der Waals surface area contributed by atoms with Crippen molar-refractivity contribution >= 4 is 17.9 Å². The lowest BCUT2D eigenvalue weighted by Crippen LogP contribution is -2.53. The van der Waals surface area contributed by atoms with E-state index in [0.717, 1.165) is 22.3 Å². The van der Waals surface area contributed by atoms with E-state index in [1.54, 1.807) is 46.0 Å². The molecule has 2 atom stereocenters. The van der Waals surface area contributed by atoms with Gasteiger partial charge in [0.15, 0.2) is 0 Å². The average molecular weight is 496 g/mol. The van der Waals surface area contributed by atoms with Gasteiger partial charge in [0.05, 0.1) is 0 Å². The molecule has 1 unspecified atom stereocenters. The highest BCUT2D eigenvalue weighted by atomic mass is 16.6. The van der Waals surface area contributed by atoms with Gasteiger partial charge in [-0.05, 0) is 82.3 Å². The van der Waals surface area contributed by atoms with Crippen LogP contribution < -0.4 is 16.0 Å². The molecule has 0 saturated carbocycles. The number of benzene rings is 2. The minimum absolute atomic E-state index is 0.125. The molecule has 2 rings (SSSR count). The van der Waals surface area contributed by atoms with E-state index in [4.69, 9.17) is 4.74 Å². The molecular formula is C28H37N3O5. The lowest BCUT2D eigenvalue weighted by molar-refractivity contribution is -0.129. The quantitative estimate of drug-likeness (QED) is 0.422. The maximum atomic E-state index is 13.1. The minimum atomic E-state index is -0.995. The fourth-order valence-electron chi connectivity index (χ4n) is 3.61. The van der Waals surface area contributed by atoms with Gasteiger partial charge < -0.3 is 25.8 Å². The lowest BCUT2D eigenvalue weighted by Gasteiger charge is -2.25. The van der Waals surface area contributed by atoms with Gasteiger partial charge in [-0.3, -0.25) is 9.59 Å². The number of carbonyl (C=O) groups is 3. The summed E-state index contributed by atoms with van der Waals surface area (Å²) in [5, 5.41) is 17.8. The Balaban J connectivity index is 2.07. The monoisotopic (exact) mass is 495 g/mol. The number of aromatic hydroxyl groups is 1. The third-order valence-corrected chi connectivity index (χ3v) is 5.39. The van der Waals surface area contributed by atoms with Crippen LogP contribution in [0.3, 0.4) is 0 Å². The van der Waals surface area contributed by atoms with E-state index in [1.165, 1.54) is 0 Å². The smallest absolute Gasteiger partial charge is 0.408 e. The number of phenols is 1. The van der Waals surface area contributed by atoms with Gasteiger partial charge in [0.1, 0.15) is 23.4 Å². The second kappa shape index (κ2) is 12.8. The van der Waals surface area contributed by atoms with Crippen LogP contribution in [0.5, 0.6) is 5.75 Å². The SMILES string of the molecule is Cc1cc(O)cc(C)c1CC(NC(=O)OC(C)(C)C)C(=O)N[C@H](C)C(=O)NC=CCc1ccccc1. The number of carbonyl (C=O) groups excluding carboxylic acids is 3. The van der Waals surface area contributed by atoms with Gasteiger partial charge in [0, 0.05) is 12.6 Å². The highest BCUT2D eigenvalue weighted by molar-refractivity contribution is 5.91. The molecule has 0 heterocycles. The number of allylic oxidation sites excluding steroid dienone is 1. The van der Waals surface area contributed by atoms with E-state index < -0.39 is 29.7 Å². The van der Waals surface area contributed by atoms with Crippen LogP contribution in [-0.2, 0) is 27.2 Å². The molecule has 0 fully saturated rings. The number of rotatable bonds is 9. The first-order chi connectivity index (χ1) is 16.9. The molecule has 36 heavy (non-hydrogen) atoms. The first kappa shape index (κ1) is 28.4. The number of nitrogens with one attached hydrogen (secondary N) is 3. The van der Waals surface area contributed by atoms with Crippen LogP contribution in [0.4, 0.5) is 4.79 Å². The highest BCUT2D eigenvalue weighted by Crippen LogP contribution is 2.22. The summed E-state index contributed by atoms with van der Waals surface area (Å²) >= 11 is 0. The summed E-state index contributed by atoms with van der Waals surface area (Å²) in [7, 11) is 0. The van der Waals surface area contributed by atoms with Gasteiger partial charge in [0.25, 0.3) is 0 Å². The summed E-state index contributed by atoms with van der Waals surface area (Å²) in [5.41, 5.74) is 2.75. The van der Waals surface area contributed by atoms with E-state index in [9.17, 15) is 19.5 Å². The van der Waals surface area contributed by atoms with E-state index >= 15 is 0 Å². The van der Waals surface area contributed by atoms with Crippen LogP contribution in [0.2, 0.25) is 0 Å². The fraction of sp³-hybridized carbons (Fsp3) is 0.393. The van der Waals surface area contributed by atoms with Crippen LogP contribution in [0.25, 0.3) is 0 Å². The number of hydrogen-bond acceptors (Lipinski definition) is 5. The maximum Gasteiger partial charge on any atom is 0.408 e. The van der Waals surface area contributed by atoms with E-state index in [2.05, 4.69) is 16.0 Å². The molecule has 3 amide bonds. The van der Waals surface area contributed by atoms with Gasteiger partial charge in [-0.25, -0.2) is 4.79 Å². The second-order valence-electron chi connectivity index (χ2n) is 9.79. The fourth-order valence-corrected chi connectivity index (χ4v) is 3.61. The molecule has 0 bridgehead atoms. The van der Waals surface area contributed by atoms with Crippen molar-refractivity contribution in [3.05, 3.63) is 77.0 Å². The number of ether oxygens (including phenoxy) is 1. The molecule has 0 spiro atoms. The van der Waals surface area contributed by atoms with Crippen LogP contribution in [0.1, 0.15) is 49.9 Å². The van der Waals surface area contributed by atoms with Crippen molar-refractivity contribution in [2.24, 2.45) is 0 Å². The van der Waals surface area contributed by atoms with E-state index in [0.29, 0.717) is 6.42 Å². The Morgan fingerprint density at radius 1 is 1.00 bits per heavy atom. The van der Waals surface area contributed by atoms with Crippen LogP contribution in [0.15, 0.2) is 54.7 Å². The largest absolute Gasteiger partial charge is 0.508 e. The van der Waals surface area contributed by atoms with Crippen molar-refractivity contribution in [2.45, 2.75) is 72.1 Å². The Hall–Kier alpha value is -3.81. The Morgan fingerprint density at radius 2 is 1.61 bits per heavy atom. The standard InChI is InChI=1S/C28H37N3O5/c1-18-15-22(32)16-19(2)23(18)17-24(31-27(35)36-28(4,5)6)26(34)30-20(3)25(33)29-14-10-13-21-11-8-7-9-12-21/h7-12,14-16,20,24,32H,13,17H2,1-6H3,(H,29,33)(H,30,34)(H,31,35)/t20-,24?/m1/s1. The van der Waals surface area contributed by atoms with Gasteiger partial charge in [-0.2, -0.15) is 0 Å². The van der Waals surface area contributed by atoms with E-state index in [1.807, 2.05) is 50.3 Å². The molecule has 194 valence electrons. The number of amides is 3. The highest BCUT2D eigenvalue weighted by Gasteiger charge is 2.28. The summed E-state index contributed by atoms with van der Waals surface area (Å²) in [4.78, 5) is 38.1. The zero-order valence-corrected chi connectivity index (χ0v) is 21.8. The zero-order valence-electron chi connectivity index (χ0n) is 21.8. The Morgan fingerprint density at radius 3 is 2.19 bits per heavy atom. The van der Waals surface area contributed by atoms with Crippen molar-refractivity contribution in [3.8, 4) is 5.75 Å². The van der Waals surface area contributed by atoms with Crippen molar-refractivity contribution in [2.75, 3.05) is 0 Å². The first-order valence-electron chi connectivity index (χ1n) is 11.9. The molecule has 0 aliphatic rings. The molecule has 2 aromatic rings. The molecule has 8 heteroatoms. The van der Waals surface area contributed by atoms with Crippen LogP contribution >= 0.6 is 0 Å². The topological polar surface area (TPSA) is 117 Å². The third kappa shape index (κ3) is 9.44. The van der Waals surface area contributed by atoms with Crippen molar-refractivity contribution in [3.63, 3.8) is 0 Å². The molecule has 2 aromatic carbocycles. The molecule has 0 saturated heterocycles. The van der Waals surface area contributed by atoms with E-state index in [-0.39, 0.29) is 18.1 Å². The Bertz CT molecular complexity index is 1070. The van der Waals surface area contributed by atoms with Crippen molar-refractivity contribution in [1.82, 2.24) is 16.0 Å². The third-order valence-electron chi connectivity index (χ3n) is 5.39. The predicted molar refractivity (Wildman–Crippen MR) is 139 cm³/mol. The molecule has 8 nitrogen and oxygen atoms in total. The molecular weight excluding hydrogens is 458 g/mol. The summed E-state index contributed by atoms with van der Waals surface area (Å²) in [6, 6.07) is 11.2. The zero-order chi connectivity index (χ0) is 26.9. The summed E-state index contributed by atoms with van der Waals surface area (Å²) < 4.78 is 5.33. The minimum Gasteiger partial charge on any atom is -0.508 e. The molecule has 0 aliphatic carbocycles. The van der Waals surface area contributed by atoms with Crippen molar-refractivity contribution < 1.29 is 24.2 Å².